The Hall–Kier alpha value is -2.57. The van der Waals surface area contributed by atoms with Crippen LogP contribution in [0.3, 0.4) is 0 Å². The van der Waals surface area contributed by atoms with E-state index in [4.69, 9.17) is 0 Å². The van der Waals surface area contributed by atoms with E-state index in [0.717, 1.165) is 0 Å². The van der Waals surface area contributed by atoms with Gasteiger partial charge in [-0.25, -0.2) is 4.39 Å². The SMILES string of the molecule is O=C(NNc1ccccc1)c1cc(C(F)(F)F)ccc1F. The Morgan fingerprint density at radius 1 is 1.00 bits per heavy atom. The molecule has 0 bridgehead atoms. The van der Waals surface area contributed by atoms with Crippen LogP contribution in [0.1, 0.15) is 15.9 Å². The van der Waals surface area contributed by atoms with Crippen molar-refractivity contribution < 1.29 is 22.4 Å². The third-order valence-electron chi connectivity index (χ3n) is 2.63. The zero-order chi connectivity index (χ0) is 15.5. The van der Waals surface area contributed by atoms with E-state index in [2.05, 4.69) is 10.9 Å². The highest BCUT2D eigenvalue weighted by molar-refractivity contribution is 5.95. The van der Waals surface area contributed by atoms with Gasteiger partial charge in [0.2, 0.25) is 0 Å². The first-order valence-corrected chi connectivity index (χ1v) is 5.86. The average molecular weight is 298 g/mol. The first kappa shape index (κ1) is 14.8. The summed E-state index contributed by atoms with van der Waals surface area (Å²) in [6.07, 6.45) is -4.64. The number of halogens is 4. The molecule has 0 aliphatic rings. The lowest BCUT2D eigenvalue weighted by Gasteiger charge is -2.11. The number of benzene rings is 2. The second-order valence-corrected chi connectivity index (χ2v) is 4.14. The van der Waals surface area contributed by atoms with Crippen molar-refractivity contribution in [1.82, 2.24) is 5.43 Å². The fraction of sp³-hybridized carbons (Fsp3) is 0.0714. The number of hydrazine groups is 1. The van der Waals surface area contributed by atoms with E-state index in [9.17, 15) is 22.4 Å². The minimum Gasteiger partial charge on any atom is -0.298 e. The highest BCUT2D eigenvalue weighted by Crippen LogP contribution is 2.30. The molecule has 2 aromatic rings. The van der Waals surface area contributed by atoms with Crippen molar-refractivity contribution >= 4 is 11.6 Å². The molecule has 0 heterocycles. The molecule has 3 nitrogen and oxygen atoms in total. The Morgan fingerprint density at radius 2 is 1.67 bits per heavy atom. The van der Waals surface area contributed by atoms with Gasteiger partial charge in [-0.3, -0.25) is 15.6 Å². The summed E-state index contributed by atoms with van der Waals surface area (Å²) in [4.78, 5) is 11.7. The van der Waals surface area contributed by atoms with Crippen LogP contribution in [0.5, 0.6) is 0 Å². The highest BCUT2D eigenvalue weighted by Gasteiger charge is 2.31. The van der Waals surface area contributed by atoms with Gasteiger partial charge >= 0.3 is 6.18 Å². The Morgan fingerprint density at radius 3 is 2.29 bits per heavy atom. The molecule has 2 rings (SSSR count). The summed E-state index contributed by atoms with van der Waals surface area (Å²) in [5, 5.41) is 0. The van der Waals surface area contributed by atoms with Crippen LogP contribution >= 0.6 is 0 Å². The zero-order valence-electron chi connectivity index (χ0n) is 10.5. The van der Waals surface area contributed by atoms with E-state index in [1.807, 2.05) is 0 Å². The molecule has 7 heteroatoms. The number of para-hydroxylation sites is 1. The molecule has 0 saturated heterocycles. The molecule has 0 saturated carbocycles. The molecule has 0 unspecified atom stereocenters. The summed E-state index contributed by atoms with van der Waals surface area (Å²) < 4.78 is 51.1. The minimum absolute atomic E-state index is 0.470. The van der Waals surface area contributed by atoms with Gasteiger partial charge in [0.25, 0.3) is 5.91 Å². The topological polar surface area (TPSA) is 41.1 Å². The molecule has 0 radical (unpaired) electrons. The van der Waals surface area contributed by atoms with Crippen LogP contribution in [0.15, 0.2) is 48.5 Å². The lowest BCUT2D eigenvalue weighted by Crippen LogP contribution is -2.30. The van der Waals surface area contributed by atoms with Crippen molar-refractivity contribution in [2.24, 2.45) is 0 Å². The highest BCUT2D eigenvalue weighted by atomic mass is 19.4. The predicted octanol–water partition coefficient (Wildman–Crippen LogP) is 3.60. The number of alkyl halides is 3. The van der Waals surface area contributed by atoms with Crippen molar-refractivity contribution in [1.29, 1.82) is 0 Å². The summed E-state index contributed by atoms with van der Waals surface area (Å²) in [5.41, 5.74) is 3.36. The van der Waals surface area contributed by atoms with Crippen LogP contribution in [0.2, 0.25) is 0 Å². The zero-order valence-corrected chi connectivity index (χ0v) is 10.5. The van der Waals surface area contributed by atoms with Gasteiger partial charge in [-0.05, 0) is 30.3 Å². The minimum atomic E-state index is -4.64. The quantitative estimate of drug-likeness (QED) is 0.671. The predicted molar refractivity (Wildman–Crippen MR) is 68.9 cm³/mol. The summed E-state index contributed by atoms with van der Waals surface area (Å²) >= 11 is 0. The largest absolute Gasteiger partial charge is 0.416 e. The number of hydrogen-bond donors (Lipinski definition) is 2. The molecular formula is C14H10F4N2O. The number of carbonyl (C=O) groups excluding carboxylic acids is 1. The molecule has 2 aromatic carbocycles. The van der Waals surface area contributed by atoms with Crippen molar-refractivity contribution in [3.63, 3.8) is 0 Å². The van der Waals surface area contributed by atoms with Gasteiger partial charge in [0.1, 0.15) is 5.82 Å². The Bertz CT molecular complexity index is 641. The molecule has 2 N–H and O–H groups in total. The summed E-state index contributed by atoms with van der Waals surface area (Å²) in [5.74, 6) is -2.03. The third kappa shape index (κ3) is 3.71. The lowest BCUT2D eigenvalue weighted by atomic mass is 10.1. The summed E-state index contributed by atoms with van der Waals surface area (Å²) in [6, 6.07) is 10.1. The van der Waals surface area contributed by atoms with Crippen LogP contribution in [0.25, 0.3) is 0 Å². The fourth-order valence-corrected chi connectivity index (χ4v) is 1.59. The van der Waals surface area contributed by atoms with E-state index in [-0.39, 0.29) is 0 Å². The van der Waals surface area contributed by atoms with Crippen molar-refractivity contribution in [3.05, 3.63) is 65.5 Å². The van der Waals surface area contributed by atoms with Gasteiger partial charge in [-0.1, -0.05) is 18.2 Å². The van der Waals surface area contributed by atoms with Gasteiger partial charge in [-0.15, -0.1) is 0 Å². The van der Waals surface area contributed by atoms with Crippen molar-refractivity contribution in [2.45, 2.75) is 6.18 Å². The average Bonchev–Trinajstić information content (AvgIpc) is 2.45. The van der Waals surface area contributed by atoms with Crippen molar-refractivity contribution in [3.8, 4) is 0 Å². The number of anilines is 1. The number of carbonyl (C=O) groups is 1. The summed E-state index contributed by atoms with van der Waals surface area (Å²) in [6.45, 7) is 0. The van der Waals surface area contributed by atoms with E-state index in [1.165, 1.54) is 0 Å². The van der Waals surface area contributed by atoms with Gasteiger partial charge in [0, 0.05) is 0 Å². The molecule has 1 amide bonds. The molecular weight excluding hydrogens is 288 g/mol. The number of nitrogens with one attached hydrogen (secondary N) is 2. The monoisotopic (exact) mass is 298 g/mol. The van der Waals surface area contributed by atoms with Gasteiger partial charge < -0.3 is 0 Å². The van der Waals surface area contributed by atoms with E-state index >= 15 is 0 Å². The maximum absolute atomic E-state index is 13.5. The van der Waals surface area contributed by atoms with E-state index in [0.29, 0.717) is 23.9 Å². The Kier molecular flexibility index (Phi) is 4.11. The molecule has 0 fully saturated rings. The van der Waals surface area contributed by atoms with E-state index in [1.54, 1.807) is 30.3 Å². The van der Waals surface area contributed by atoms with Gasteiger partial charge in [0.15, 0.2) is 0 Å². The van der Waals surface area contributed by atoms with Crippen LogP contribution in [0, 0.1) is 5.82 Å². The van der Waals surface area contributed by atoms with Crippen molar-refractivity contribution in [2.75, 3.05) is 5.43 Å². The number of amides is 1. The smallest absolute Gasteiger partial charge is 0.298 e. The molecule has 0 aliphatic heterocycles. The van der Waals surface area contributed by atoms with E-state index < -0.39 is 29.0 Å². The molecule has 0 aromatic heterocycles. The molecule has 0 atom stereocenters. The third-order valence-corrected chi connectivity index (χ3v) is 2.63. The fourth-order valence-electron chi connectivity index (χ4n) is 1.59. The second kappa shape index (κ2) is 5.82. The van der Waals surface area contributed by atoms with Crippen LogP contribution in [-0.4, -0.2) is 5.91 Å². The molecule has 0 aliphatic carbocycles. The lowest BCUT2D eigenvalue weighted by molar-refractivity contribution is -0.137. The number of rotatable bonds is 3. The van der Waals surface area contributed by atoms with Crippen LogP contribution in [0.4, 0.5) is 23.2 Å². The number of hydrogen-bond acceptors (Lipinski definition) is 2. The first-order valence-electron chi connectivity index (χ1n) is 5.86. The Balaban J connectivity index is 2.15. The molecule has 110 valence electrons. The maximum atomic E-state index is 13.5. The second-order valence-electron chi connectivity index (χ2n) is 4.14. The van der Waals surface area contributed by atoms with Crippen LogP contribution in [-0.2, 0) is 6.18 Å². The normalized spacial score (nSPS) is 11.0. The molecule has 0 spiro atoms. The van der Waals surface area contributed by atoms with Gasteiger partial charge in [0.05, 0.1) is 16.8 Å². The standard InChI is InChI=1S/C14H10F4N2O/c15-12-7-6-9(14(16,17)18)8-11(12)13(21)20-19-10-4-2-1-3-5-10/h1-8,19H,(H,20,21). The van der Waals surface area contributed by atoms with Crippen LogP contribution < -0.4 is 10.9 Å². The molecule has 21 heavy (non-hydrogen) atoms. The first-order chi connectivity index (χ1) is 9.88. The Labute approximate surface area is 117 Å². The summed E-state index contributed by atoms with van der Waals surface area (Å²) in [7, 11) is 0. The van der Waals surface area contributed by atoms with Gasteiger partial charge in [-0.2, -0.15) is 13.2 Å². The maximum Gasteiger partial charge on any atom is 0.416 e.